The lowest BCUT2D eigenvalue weighted by atomic mass is 10.1. The van der Waals surface area contributed by atoms with Crippen molar-refractivity contribution in [2.75, 3.05) is 11.6 Å². The fraction of sp³-hybridized carbons (Fsp3) is 0.308. The molecule has 1 heterocycles. The number of nitrogens with zero attached hydrogens (tertiary/aromatic N) is 2. The average molecular weight is 276 g/mol. The monoisotopic (exact) mass is 276 g/mol. The number of hydroxylamine groups is 1. The van der Waals surface area contributed by atoms with E-state index in [0.717, 1.165) is 0 Å². The second-order valence-corrected chi connectivity index (χ2v) is 4.21. The molecule has 1 unspecified atom stereocenters. The van der Waals surface area contributed by atoms with Gasteiger partial charge in [0, 0.05) is 6.42 Å². The van der Waals surface area contributed by atoms with Crippen LogP contribution in [0.5, 0.6) is 0 Å². The van der Waals surface area contributed by atoms with Crippen LogP contribution < -0.4 is 16.2 Å². The Balaban J connectivity index is 2.21. The maximum atomic E-state index is 11.8. The molecule has 106 valence electrons. The van der Waals surface area contributed by atoms with Crippen LogP contribution in [0.4, 0.5) is 5.69 Å². The summed E-state index contributed by atoms with van der Waals surface area (Å²) >= 11 is 0. The smallest absolute Gasteiger partial charge is 0.291 e. The van der Waals surface area contributed by atoms with Gasteiger partial charge < -0.3 is 5.73 Å². The van der Waals surface area contributed by atoms with Crippen molar-refractivity contribution in [3.63, 3.8) is 0 Å². The Bertz CT molecular complexity index is 530. The summed E-state index contributed by atoms with van der Waals surface area (Å²) in [6.07, 6.45) is 0.156. The fourth-order valence-corrected chi connectivity index (χ4v) is 1.88. The molecule has 0 fully saturated rings. The largest absolute Gasteiger partial charge is 0.368 e. The number of rotatable bonds is 5. The third-order valence-corrected chi connectivity index (χ3v) is 2.83. The SMILES string of the molecule is CCONC(=O)C1=NN(c2ccccc2)C(C(N)=O)C1. The van der Waals surface area contributed by atoms with Crippen LogP contribution in [0.2, 0.25) is 0 Å². The van der Waals surface area contributed by atoms with Crippen LogP contribution in [0, 0.1) is 0 Å². The number of hydrogen-bond donors (Lipinski definition) is 2. The lowest BCUT2D eigenvalue weighted by Gasteiger charge is -2.20. The topological polar surface area (TPSA) is 97.0 Å². The second kappa shape index (κ2) is 6.16. The molecule has 2 rings (SSSR count). The Hall–Kier alpha value is -2.41. The molecule has 3 N–H and O–H groups in total. The number of anilines is 1. The number of amides is 2. The molecule has 1 aromatic carbocycles. The highest BCUT2D eigenvalue weighted by molar-refractivity contribution is 6.40. The first-order valence-corrected chi connectivity index (χ1v) is 6.26. The summed E-state index contributed by atoms with van der Waals surface area (Å²) in [4.78, 5) is 28.1. The Morgan fingerprint density at radius 1 is 1.45 bits per heavy atom. The molecular weight excluding hydrogens is 260 g/mol. The van der Waals surface area contributed by atoms with Crippen molar-refractivity contribution < 1.29 is 14.4 Å². The van der Waals surface area contributed by atoms with Crippen molar-refractivity contribution >= 4 is 23.2 Å². The average Bonchev–Trinajstić information content (AvgIpc) is 2.91. The molecule has 20 heavy (non-hydrogen) atoms. The molecule has 0 bridgehead atoms. The van der Waals surface area contributed by atoms with Gasteiger partial charge in [-0.1, -0.05) is 18.2 Å². The van der Waals surface area contributed by atoms with Gasteiger partial charge in [-0.15, -0.1) is 0 Å². The van der Waals surface area contributed by atoms with E-state index in [0.29, 0.717) is 12.3 Å². The maximum Gasteiger partial charge on any atom is 0.291 e. The van der Waals surface area contributed by atoms with Gasteiger partial charge in [0.15, 0.2) is 0 Å². The highest BCUT2D eigenvalue weighted by Crippen LogP contribution is 2.24. The second-order valence-electron chi connectivity index (χ2n) is 4.21. The van der Waals surface area contributed by atoms with Gasteiger partial charge in [-0.2, -0.15) is 5.10 Å². The van der Waals surface area contributed by atoms with E-state index in [1.165, 1.54) is 5.01 Å². The van der Waals surface area contributed by atoms with Gasteiger partial charge in [-0.25, -0.2) is 5.48 Å². The van der Waals surface area contributed by atoms with Crippen LogP contribution in [0.25, 0.3) is 0 Å². The van der Waals surface area contributed by atoms with Crippen molar-refractivity contribution in [1.29, 1.82) is 0 Å². The molecule has 0 saturated carbocycles. The first kappa shape index (κ1) is 14.0. The molecular formula is C13H16N4O3. The van der Waals surface area contributed by atoms with Crippen LogP contribution in [-0.4, -0.2) is 30.2 Å². The lowest BCUT2D eigenvalue weighted by molar-refractivity contribution is -0.126. The molecule has 1 aliphatic heterocycles. The van der Waals surface area contributed by atoms with Crippen LogP contribution in [0.3, 0.4) is 0 Å². The minimum Gasteiger partial charge on any atom is -0.368 e. The van der Waals surface area contributed by atoms with Crippen molar-refractivity contribution in [2.45, 2.75) is 19.4 Å². The van der Waals surface area contributed by atoms with E-state index in [1.54, 1.807) is 19.1 Å². The molecule has 0 spiro atoms. The van der Waals surface area contributed by atoms with Gasteiger partial charge in [0.1, 0.15) is 11.8 Å². The molecule has 0 aliphatic carbocycles. The molecule has 1 aliphatic rings. The van der Waals surface area contributed by atoms with Gasteiger partial charge in [-0.05, 0) is 19.1 Å². The van der Waals surface area contributed by atoms with Crippen LogP contribution in [-0.2, 0) is 14.4 Å². The molecule has 1 atom stereocenters. The molecule has 7 heteroatoms. The van der Waals surface area contributed by atoms with E-state index < -0.39 is 17.9 Å². The summed E-state index contributed by atoms with van der Waals surface area (Å²) in [6, 6.07) is 8.42. The van der Waals surface area contributed by atoms with Crippen molar-refractivity contribution in [3.05, 3.63) is 30.3 Å². The molecule has 2 amide bonds. The van der Waals surface area contributed by atoms with E-state index in [2.05, 4.69) is 10.6 Å². The van der Waals surface area contributed by atoms with E-state index >= 15 is 0 Å². The first-order valence-electron chi connectivity index (χ1n) is 6.26. The Labute approximate surface area is 116 Å². The van der Waals surface area contributed by atoms with E-state index in [-0.39, 0.29) is 12.1 Å². The van der Waals surface area contributed by atoms with Crippen LogP contribution in [0.1, 0.15) is 13.3 Å². The van der Waals surface area contributed by atoms with Gasteiger partial charge in [0.25, 0.3) is 5.91 Å². The van der Waals surface area contributed by atoms with Crippen molar-refractivity contribution in [1.82, 2.24) is 5.48 Å². The number of primary amides is 1. The predicted octanol–water partition coefficient (Wildman–Crippen LogP) is 0.174. The predicted molar refractivity (Wildman–Crippen MR) is 73.7 cm³/mol. The number of benzene rings is 1. The highest BCUT2D eigenvalue weighted by atomic mass is 16.6. The van der Waals surface area contributed by atoms with Gasteiger partial charge in [-0.3, -0.25) is 19.4 Å². The summed E-state index contributed by atoms with van der Waals surface area (Å²) in [5.74, 6) is -0.992. The van der Waals surface area contributed by atoms with E-state index in [4.69, 9.17) is 10.6 Å². The normalized spacial score (nSPS) is 17.8. The number of hydrazone groups is 1. The number of nitrogens with one attached hydrogen (secondary N) is 1. The van der Waals surface area contributed by atoms with E-state index in [1.807, 2.05) is 18.2 Å². The van der Waals surface area contributed by atoms with Crippen molar-refractivity contribution in [3.8, 4) is 0 Å². The van der Waals surface area contributed by atoms with Crippen LogP contribution in [0.15, 0.2) is 35.4 Å². The number of nitrogens with two attached hydrogens (primary N) is 1. The molecule has 0 radical (unpaired) electrons. The fourth-order valence-electron chi connectivity index (χ4n) is 1.88. The lowest BCUT2D eigenvalue weighted by Crippen LogP contribution is -2.39. The number of hydrogen-bond acceptors (Lipinski definition) is 5. The third kappa shape index (κ3) is 2.94. The quantitative estimate of drug-likeness (QED) is 0.749. The molecule has 7 nitrogen and oxygen atoms in total. The number of carbonyl (C=O) groups excluding carboxylic acids is 2. The Morgan fingerprint density at radius 2 is 2.15 bits per heavy atom. The summed E-state index contributed by atoms with van der Waals surface area (Å²) < 4.78 is 0. The zero-order valence-corrected chi connectivity index (χ0v) is 11.1. The van der Waals surface area contributed by atoms with Gasteiger partial charge >= 0.3 is 0 Å². The van der Waals surface area contributed by atoms with E-state index in [9.17, 15) is 9.59 Å². The molecule has 0 aromatic heterocycles. The minimum atomic E-state index is -0.667. The highest BCUT2D eigenvalue weighted by Gasteiger charge is 2.34. The summed E-state index contributed by atoms with van der Waals surface area (Å²) in [7, 11) is 0. The zero-order valence-electron chi connectivity index (χ0n) is 11.1. The summed E-state index contributed by atoms with van der Waals surface area (Å²) in [5, 5.41) is 5.63. The third-order valence-electron chi connectivity index (χ3n) is 2.83. The molecule has 1 aromatic rings. The number of para-hydroxylation sites is 1. The van der Waals surface area contributed by atoms with Crippen molar-refractivity contribution in [2.24, 2.45) is 10.8 Å². The Kier molecular flexibility index (Phi) is 4.31. The van der Waals surface area contributed by atoms with Gasteiger partial charge in [0.2, 0.25) is 5.91 Å². The Morgan fingerprint density at radius 3 is 2.75 bits per heavy atom. The standard InChI is InChI=1S/C13H16N4O3/c1-2-20-16-13(19)10-8-11(12(14)18)17(15-10)9-6-4-3-5-7-9/h3-7,11H,2,8H2,1H3,(H2,14,18)(H,16,19). The van der Waals surface area contributed by atoms with Gasteiger partial charge in [0.05, 0.1) is 12.3 Å². The first-order chi connectivity index (χ1) is 9.63. The summed E-state index contributed by atoms with van der Waals surface area (Å²) in [5.41, 5.74) is 8.55. The minimum absolute atomic E-state index is 0.156. The molecule has 0 saturated heterocycles. The van der Waals surface area contributed by atoms with Crippen LogP contribution >= 0.6 is 0 Å². The summed E-state index contributed by atoms with van der Waals surface area (Å²) in [6.45, 7) is 2.10. The maximum absolute atomic E-state index is 11.8. The number of carbonyl (C=O) groups is 2. The zero-order chi connectivity index (χ0) is 14.5.